The molecule has 1 heterocycles. The third-order valence-electron chi connectivity index (χ3n) is 4.69. The van der Waals surface area contributed by atoms with E-state index in [0.29, 0.717) is 18.3 Å². The summed E-state index contributed by atoms with van der Waals surface area (Å²) in [5.74, 6) is 0.376. The van der Waals surface area contributed by atoms with Crippen LogP contribution in [0, 0.1) is 17.3 Å². The minimum Gasteiger partial charge on any atom is -0.481 e. The van der Waals surface area contributed by atoms with Gasteiger partial charge in [-0.15, -0.1) is 0 Å². The van der Waals surface area contributed by atoms with Crippen LogP contribution in [0.1, 0.15) is 59.8 Å². The molecule has 1 fully saturated rings. The van der Waals surface area contributed by atoms with Crippen LogP contribution in [0.3, 0.4) is 0 Å². The van der Waals surface area contributed by atoms with E-state index in [4.69, 9.17) is 5.11 Å². The van der Waals surface area contributed by atoms with Crippen LogP contribution in [0.25, 0.3) is 0 Å². The molecular weight excluding hydrogens is 254 g/mol. The van der Waals surface area contributed by atoms with Gasteiger partial charge < -0.3 is 10.0 Å². The third kappa shape index (κ3) is 5.51. The van der Waals surface area contributed by atoms with Crippen LogP contribution in [0.4, 0.5) is 0 Å². The first-order chi connectivity index (χ1) is 9.20. The fourth-order valence-corrected chi connectivity index (χ4v) is 2.50. The van der Waals surface area contributed by atoms with Crippen LogP contribution in [0.15, 0.2) is 0 Å². The predicted molar refractivity (Wildman–Crippen MR) is 79.4 cm³/mol. The number of aliphatic carboxylic acids is 1. The van der Waals surface area contributed by atoms with Crippen molar-refractivity contribution in [1.29, 1.82) is 0 Å². The quantitative estimate of drug-likeness (QED) is 0.843. The fraction of sp³-hybridized carbons (Fsp3) is 0.875. The Morgan fingerprint density at radius 2 is 1.80 bits per heavy atom. The zero-order chi connectivity index (χ0) is 15.3. The second-order valence-corrected chi connectivity index (χ2v) is 7.23. The van der Waals surface area contributed by atoms with Crippen LogP contribution in [-0.2, 0) is 9.59 Å². The highest BCUT2D eigenvalue weighted by molar-refractivity contribution is 5.76. The molecule has 4 heteroatoms. The van der Waals surface area contributed by atoms with Crippen LogP contribution in [0.2, 0.25) is 0 Å². The van der Waals surface area contributed by atoms with Crippen molar-refractivity contribution in [1.82, 2.24) is 4.90 Å². The van der Waals surface area contributed by atoms with Gasteiger partial charge in [0.15, 0.2) is 0 Å². The van der Waals surface area contributed by atoms with Gasteiger partial charge in [0.1, 0.15) is 0 Å². The van der Waals surface area contributed by atoms with E-state index < -0.39 is 5.97 Å². The number of carbonyl (C=O) groups excluding carboxylic acids is 1. The van der Waals surface area contributed by atoms with Gasteiger partial charge in [-0.1, -0.05) is 27.7 Å². The highest BCUT2D eigenvalue weighted by Gasteiger charge is 2.27. The van der Waals surface area contributed by atoms with Gasteiger partial charge in [0.25, 0.3) is 0 Å². The molecule has 0 aromatic carbocycles. The molecule has 1 atom stereocenters. The van der Waals surface area contributed by atoms with E-state index in [1.165, 1.54) is 0 Å². The highest BCUT2D eigenvalue weighted by atomic mass is 16.4. The van der Waals surface area contributed by atoms with Gasteiger partial charge >= 0.3 is 5.97 Å². The molecule has 1 amide bonds. The minimum atomic E-state index is -0.720. The molecule has 0 aliphatic carbocycles. The maximum absolute atomic E-state index is 12.3. The number of nitrogens with zero attached hydrogens (tertiary/aromatic N) is 1. The summed E-state index contributed by atoms with van der Waals surface area (Å²) < 4.78 is 0. The average Bonchev–Trinajstić information content (AvgIpc) is 2.35. The summed E-state index contributed by atoms with van der Waals surface area (Å²) in [4.78, 5) is 24.8. The molecule has 0 bridgehead atoms. The third-order valence-corrected chi connectivity index (χ3v) is 4.69. The number of likely N-dealkylation sites (tertiary alicyclic amines) is 1. The summed E-state index contributed by atoms with van der Waals surface area (Å²) in [7, 11) is 0. The molecule has 0 radical (unpaired) electrons. The number of piperidine rings is 1. The number of hydrogen-bond acceptors (Lipinski definition) is 2. The van der Waals surface area contributed by atoms with Crippen molar-refractivity contribution < 1.29 is 14.7 Å². The number of amides is 1. The number of hydrogen-bond donors (Lipinski definition) is 1. The molecule has 1 rings (SSSR count). The lowest BCUT2D eigenvalue weighted by molar-refractivity contribution is -0.138. The van der Waals surface area contributed by atoms with Crippen LogP contribution >= 0.6 is 0 Å². The first kappa shape index (κ1) is 17.0. The van der Waals surface area contributed by atoms with E-state index in [1.54, 1.807) is 0 Å². The Bertz CT molecular complexity index is 338. The fourth-order valence-electron chi connectivity index (χ4n) is 2.50. The SMILES string of the molecule is CC(CC(=O)N1CCC(CCC(=O)O)CC1)C(C)(C)C. The molecule has 0 aromatic heterocycles. The first-order valence-electron chi connectivity index (χ1n) is 7.69. The maximum Gasteiger partial charge on any atom is 0.303 e. The standard InChI is InChI=1S/C16H29NO3/c1-12(16(2,3)4)11-14(18)17-9-7-13(8-10-17)5-6-15(19)20/h12-13H,5-11H2,1-4H3,(H,19,20). The molecule has 0 aromatic rings. The average molecular weight is 283 g/mol. The van der Waals surface area contributed by atoms with E-state index >= 15 is 0 Å². The van der Waals surface area contributed by atoms with Gasteiger partial charge in [-0.25, -0.2) is 0 Å². The molecule has 1 saturated heterocycles. The molecule has 4 nitrogen and oxygen atoms in total. The Morgan fingerprint density at radius 1 is 1.25 bits per heavy atom. The largest absolute Gasteiger partial charge is 0.481 e. The highest BCUT2D eigenvalue weighted by Crippen LogP contribution is 2.29. The Kier molecular flexibility index (Phi) is 6.03. The summed E-state index contributed by atoms with van der Waals surface area (Å²) in [5, 5.41) is 8.70. The molecule has 0 spiro atoms. The molecule has 1 unspecified atom stereocenters. The Morgan fingerprint density at radius 3 is 2.25 bits per heavy atom. The molecular formula is C16H29NO3. The topological polar surface area (TPSA) is 57.6 Å². The minimum absolute atomic E-state index is 0.162. The lowest BCUT2D eigenvalue weighted by Crippen LogP contribution is -2.40. The molecule has 116 valence electrons. The summed E-state index contributed by atoms with van der Waals surface area (Å²) >= 11 is 0. The summed E-state index contributed by atoms with van der Waals surface area (Å²) in [5.41, 5.74) is 0.162. The second-order valence-electron chi connectivity index (χ2n) is 7.23. The molecule has 1 aliphatic rings. The van der Waals surface area contributed by atoms with Gasteiger partial charge in [-0.3, -0.25) is 9.59 Å². The summed E-state index contributed by atoms with van der Waals surface area (Å²) in [6.07, 6.45) is 3.50. The molecule has 1 aliphatic heterocycles. The van der Waals surface area contributed by atoms with Crippen molar-refractivity contribution in [3.8, 4) is 0 Å². The van der Waals surface area contributed by atoms with E-state index in [0.717, 1.165) is 32.4 Å². The van der Waals surface area contributed by atoms with Gasteiger partial charge in [0, 0.05) is 25.9 Å². The number of carbonyl (C=O) groups is 2. The van der Waals surface area contributed by atoms with Gasteiger partial charge in [0.2, 0.25) is 5.91 Å². The maximum atomic E-state index is 12.3. The van der Waals surface area contributed by atoms with Gasteiger partial charge in [0.05, 0.1) is 0 Å². The predicted octanol–water partition coefficient (Wildman–Crippen LogP) is 3.16. The Hall–Kier alpha value is -1.06. The van der Waals surface area contributed by atoms with Crippen LogP contribution in [-0.4, -0.2) is 35.0 Å². The summed E-state index contributed by atoms with van der Waals surface area (Å²) in [6, 6.07) is 0. The number of rotatable bonds is 5. The van der Waals surface area contributed by atoms with E-state index in [9.17, 15) is 9.59 Å². The van der Waals surface area contributed by atoms with Crippen LogP contribution in [0.5, 0.6) is 0 Å². The van der Waals surface area contributed by atoms with E-state index in [-0.39, 0.29) is 17.7 Å². The molecule has 0 saturated carbocycles. The van der Waals surface area contributed by atoms with E-state index in [2.05, 4.69) is 27.7 Å². The molecule has 1 N–H and O–H groups in total. The van der Waals surface area contributed by atoms with E-state index in [1.807, 2.05) is 4.90 Å². The van der Waals surface area contributed by atoms with Gasteiger partial charge in [-0.05, 0) is 36.5 Å². The Labute approximate surface area is 122 Å². The van der Waals surface area contributed by atoms with Crippen molar-refractivity contribution in [2.45, 2.75) is 59.8 Å². The normalized spacial score (nSPS) is 18.9. The lowest BCUT2D eigenvalue weighted by Gasteiger charge is -2.34. The number of carboxylic acids is 1. The van der Waals surface area contributed by atoms with Crippen molar-refractivity contribution in [2.24, 2.45) is 17.3 Å². The zero-order valence-electron chi connectivity index (χ0n) is 13.3. The Balaban J connectivity index is 2.34. The zero-order valence-corrected chi connectivity index (χ0v) is 13.3. The monoisotopic (exact) mass is 283 g/mol. The van der Waals surface area contributed by atoms with Crippen molar-refractivity contribution in [3.05, 3.63) is 0 Å². The van der Waals surface area contributed by atoms with Crippen LogP contribution < -0.4 is 0 Å². The first-order valence-corrected chi connectivity index (χ1v) is 7.69. The van der Waals surface area contributed by atoms with Crippen molar-refractivity contribution in [2.75, 3.05) is 13.1 Å². The smallest absolute Gasteiger partial charge is 0.303 e. The summed E-state index contributed by atoms with van der Waals surface area (Å²) in [6.45, 7) is 10.2. The van der Waals surface area contributed by atoms with Gasteiger partial charge in [-0.2, -0.15) is 0 Å². The second kappa shape index (κ2) is 7.09. The van der Waals surface area contributed by atoms with Crippen molar-refractivity contribution in [3.63, 3.8) is 0 Å². The molecule has 20 heavy (non-hydrogen) atoms. The van der Waals surface area contributed by atoms with Crippen molar-refractivity contribution >= 4 is 11.9 Å². The number of carboxylic acid groups (broad SMARTS) is 1. The lowest BCUT2D eigenvalue weighted by atomic mass is 9.80.